The van der Waals surface area contributed by atoms with Crippen LogP contribution in [-0.4, -0.2) is 16.3 Å². The Labute approximate surface area is 95.3 Å². The van der Waals surface area contributed by atoms with Crippen LogP contribution in [0.1, 0.15) is 24.3 Å². The second-order valence-electron chi connectivity index (χ2n) is 3.91. The van der Waals surface area contributed by atoms with E-state index < -0.39 is 0 Å². The van der Waals surface area contributed by atoms with Gasteiger partial charge < -0.3 is 9.73 Å². The molecule has 0 aromatic carbocycles. The molecular weight excluding hydrogens is 202 g/mol. The lowest BCUT2D eigenvalue weighted by Crippen LogP contribution is -2.23. The summed E-state index contributed by atoms with van der Waals surface area (Å²) < 4.78 is 7.34. The standard InChI is InChI=1S/C12H17N3O/c1-10-4-9-16-12(10)11(2)13-6-8-15-7-3-5-14-15/h3-5,7,9,11,13H,6,8H2,1-2H3. The molecule has 0 fully saturated rings. The molecule has 4 heteroatoms. The summed E-state index contributed by atoms with van der Waals surface area (Å²) in [5.74, 6) is 1.01. The zero-order valence-corrected chi connectivity index (χ0v) is 9.68. The molecule has 2 aromatic heterocycles. The van der Waals surface area contributed by atoms with E-state index >= 15 is 0 Å². The van der Waals surface area contributed by atoms with Crippen molar-refractivity contribution in [2.75, 3.05) is 6.54 Å². The van der Waals surface area contributed by atoms with Crippen molar-refractivity contribution in [3.05, 3.63) is 42.1 Å². The molecule has 1 atom stereocenters. The molecule has 0 aliphatic heterocycles. The molecule has 2 aromatic rings. The zero-order valence-electron chi connectivity index (χ0n) is 9.68. The summed E-state index contributed by atoms with van der Waals surface area (Å²) >= 11 is 0. The normalized spacial score (nSPS) is 12.9. The molecule has 86 valence electrons. The van der Waals surface area contributed by atoms with Gasteiger partial charge in [0.15, 0.2) is 0 Å². The number of aryl methyl sites for hydroxylation is 1. The average molecular weight is 219 g/mol. The Morgan fingerprint density at radius 1 is 1.56 bits per heavy atom. The van der Waals surface area contributed by atoms with Crippen molar-refractivity contribution in [3.8, 4) is 0 Å². The number of aromatic nitrogens is 2. The van der Waals surface area contributed by atoms with Crippen LogP contribution in [0, 0.1) is 6.92 Å². The molecule has 0 aliphatic rings. The molecule has 4 nitrogen and oxygen atoms in total. The first-order valence-electron chi connectivity index (χ1n) is 5.52. The third kappa shape index (κ3) is 2.52. The summed E-state index contributed by atoms with van der Waals surface area (Å²) in [6, 6.07) is 4.16. The van der Waals surface area contributed by atoms with Gasteiger partial charge in [0.1, 0.15) is 5.76 Å². The molecular formula is C12H17N3O. The van der Waals surface area contributed by atoms with Crippen molar-refractivity contribution in [3.63, 3.8) is 0 Å². The Morgan fingerprint density at radius 2 is 2.44 bits per heavy atom. The van der Waals surface area contributed by atoms with Gasteiger partial charge in [0.2, 0.25) is 0 Å². The molecule has 2 heterocycles. The van der Waals surface area contributed by atoms with E-state index in [1.54, 1.807) is 12.5 Å². The van der Waals surface area contributed by atoms with E-state index in [1.807, 2.05) is 23.0 Å². The first-order valence-corrected chi connectivity index (χ1v) is 5.52. The number of nitrogens with zero attached hydrogens (tertiary/aromatic N) is 2. The number of furan rings is 1. The molecule has 1 N–H and O–H groups in total. The van der Waals surface area contributed by atoms with Gasteiger partial charge in [-0.05, 0) is 31.5 Å². The fourth-order valence-corrected chi connectivity index (χ4v) is 1.75. The van der Waals surface area contributed by atoms with E-state index in [-0.39, 0.29) is 6.04 Å². The highest BCUT2D eigenvalue weighted by atomic mass is 16.3. The van der Waals surface area contributed by atoms with Gasteiger partial charge in [-0.25, -0.2) is 0 Å². The largest absolute Gasteiger partial charge is 0.467 e. The Kier molecular flexibility index (Phi) is 3.41. The van der Waals surface area contributed by atoms with Crippen molar-refractivity contribution in [1.82, 2.24) is 15.1 Å². The van der Waals surface area contributed by atoms with Crippen molar-refractivity contribution in [2.24, 2.45) is 0 Å². The number of hydrogen-bond acceptors (Lipinski definition) is 3. The second kappa shape index (κ2) is 4.99. The second-order valence-corrected chi connectivity index (χ2v) is 3.91. The molecule has 0 radical (unpaired) electrons. The number of hydrogen-bond donors (Lipinski definition) is 1. The molecule has 0 saturated carbocycles. The highest BCUT2D eigenvalue weighted by molar-refractivity contribution is 5.17. The fraction of sp³-hybridized carbons (Fsp3) is 0.417. The van der Waals surface area contributed by atoms with E-state index in [2.05, 4.69) is 24.3 Å². The molecule has 0 saturated heterocycles. The maximum absolute atomic E-state index is 5.43. The highest BCUT2D eigenvalue weighted by Gasteiger charge is 2.10. The number of rotatable bonds is 5. The molecule has 0 spiro atoms. The third-order valence-corrected chi connectivity index (χ3v) is 2.65. The van der Waals surface area contributed by atoms with E-state index in [1.165, 1.54) is 5.56 Å². The van der Waals surface area contributed by atoms with Crippen LogP contribution in [0.15, 0.2) is 35.2 Å². The Bertz CT molecular complexity index is 419. The van der Waals surface area contributed by atoms with Crippen LogP contribution in [0.5, 0.6) is 0 Å². The summed E-state index contributed by atoms with van der Waals surface area (Å²) in [7, 11) is 0. The van der Waals surface area contributed by atoms with Gasteiger partial charge in [0, 0.05) is 18.9 Å². The predicted molar refractivity (Wildman–Crippen MR) is 62.1 cm³/mol. The van der Waals surface area contributed by atoms with Crippen LogP contribution >= 0.6 is 0 Å². The van der Waals surface area contributed by atoms with Crippen molar-refractivity contribution in [2.45, 2.75) is 26.4 Å². The van der Waals surface area contributed by atoms with Gasteiger partial charge >= 0.3 is 0 Å². The lowest BCUT2D eigenvalue weighted by Gasteiger charge is -2.12. The minimum absolute atomic E-state index is 0.241. The van der Waals surface area contributed by atoms with Crippen LogP contribution in [-0.2, 0) is 6.54 Å². The molecule has 1 unspecified atom stereocenters. The molecule has 0 amide bonds. The molecule has 2 rings (SSSR count). The van der Waals surface area contributed by atoms with Gasteiger partial charge in [-0.1, -0.05) is 0 Å². The maximum Gasteiger partial charge on any atom is 0.123 e. The highest BCUT2D eigenvalue weighted by Crippen LogP contribution is 2.17. The van der Waals surface area contributed by atoms with Gasteiger partial charge in [-0.3, -0.25) is 4.68 Å². The van der Waals surface area contributed by atoms with Crippen LogP contribution in [0.2, 0.25) is 0 Å². The summed E-state index contributed by atoms with van der Waals surface area (Å²) in [5.41, 5.74) is 1.19. The van der Waals surface area contributed by atoms with Gasteiger partial charge in [-0.15, -0.1) is 0 Å². The lowest BCUT2D eigenvalue weighted by molar-refractivity contribution is 0.416. The number of nitrogens with one attached hydrogen (secondary N) is 1. The fourth-order valence-electron chi connectivity index (χ4n) is 1.75. The summed E-state index contributed by atoms with van der Waals surface area (Å²) in [4.78, 5) is 0. The Hall–Kier alpha value is -1.55. The van der Waals surface area contributed by atoms with Crippen molar-refractivity contribution < 1.29 is 4.42 Å². The lowest BCUT2D eigenvalue weighted by atomic mass is 10.2. The van der Waals surface area contributed by atoms with E-state index in [0.717, 1.165) is 18.8 Å². The first kappa shape index (κ1) is 11.0. The van der Waals surface area contributed by atoms with Crippen molar-refractivity contribution in [1.29, 1.82) is 0 Å². The third-order valence-electron chi connectivity index (χ3n) is 2.65. The topological polar surface area (TPSA) is 43.0 Å². The maximum atomic E-state index is 5.43. The summed E-state index contributed by atoms with van der Waals surface area (Å²) in [5, 5.41) is 7.56. The minimum Gasteiger partial charge on any atom is -0.467 e. The summed E-state index contributed by atoms with van der Waals surface area (Å²) in [6.45, 7) is 5.92. The quantitative estimate of drug-likeness (QED) is 0.837. The van der Waals surface area contributed by atoms with E-state index in [9.17, 15) is 0 Å². The monoisotopic (exact) mass is 219 g/mol. The Balaban J connectivity index is 1.80. The predicted octanol–water partition coefficient (Wildman–Crippen LogP) is 2.14. The van der Waals surface area contributed by atoms with Crippen LogP contribution in [0.3, 0.4) is 0 Å². The smallest absolute Gasteiger partial charge is 0.123 e. The van der Waals surface area contributed by atoms with Gasteiger partial charge in [0.25, 0.3) is 0 Å². The minimum atomic E-state index is 0.241. The van der Waals surface area contributed by atoms with E-state index in [4.69, 9.17) is 4.42 Å². The SMILES string of the molecule is Cc1ccoc1C(C)NCCn1cccn1. The average Bonchev–Trinajstić information content (AvgIpc) is 2.88. The van der Waals surface area contributed by atoms with Gasteiger partial charge in [0.05, 0.1) is 18.8 Å². The van der Waals surface area contributed by atoms with Crippen molar-refractivity contribution >= 4 is 0 Å². The van der Waals surface area contributed by atoms with Crippen LogP contribution in [0.25, 0.3) is 0 Å². The molecule has 16 heavy (non-hydrogen) atoms. The first-order chi connectivity index (χ1) is 7.77. The summed E-state index contributed by atoms with van der Waals surface area (Å²) in [6.07, 6.45) is 5.49. The van der Waals surface area contributed by atoms with Crippen LogP contribution in [0.4, 0.5) is 0 Å². The van der Waals surface area contributed by atoms with Crippen LogP contribution < -0.4 is 5.32 Å². The molecule has 0 aliphatic carbocycles. The Morgan fingerprint density at radius 3 is 3.06 bits per heavy atom. The van der Waals surface area contributed by atoms with Gasteiger partial charge in [-0.2, -0.15) is 5.10 Å². The zero-order chi connectivity index (χ0) is 11.4. The van der Waals surface area contributed by atoms with E-state index in [0.29, 0.717) is 0 Å². The molecule has 0 bridgehead atoms.